The van der Waals surface area contributed by atoms with Crippen molar-refractivity contribution in [3.63, 3.8) is 0 Å². The number of urea groups is 1. The van der Waals surface area contributed by atoms with Crippen LogP contribution in [0.3, 0.4) is 0 Å². The number of aromatic nitrogens is 2. The number of amides is 2. The molecule has 1 fully saturated rings. The quantitative estimate of drug-likeness (QED) is 0.922. The number of morpholine rings is 1. The van der Waals surface area contributed by atoms with Crippen LogP contribution in [0.25, 0.3) is 0 Å². The average molecular weight is 348 g/mol. The lowest BCUT2D eigenvalue weighted by Crippen LogP contribution is -2.47. The van der Waals surface area contributed by atoms with Gasteiger partial charge in [-0.05, 0) is 35.2 Å². The number of hydrogen-bond donors (Lipinski definition) is 1. The van der Waals surface area contributed by atoms with E-state index in [1.807, 2.05) is 30.4 Å². The van der Waals surface area contributed by atoms with E-state index in [-0.39, 0.29) is 24.2 Å². The van der Waals surface area contributed by atoms with Crippen LogP contribution in [-0.4, -0.2) is 39.9 Å². The first-order valence-corrected chi connectivity index (χ1v) is 9.15. The second-order valence-electron chi connectivity index (χ2n) is 6.58. The molecule has 6 nitrogen and oxygen atoms in total. The van der Waals surface area contributed by atoms with Crippen molar-refractivity contribution in [2.45, 2.75) is 38.9 Å². The van der Waals surface area contributed by atoms with E-state index in [1.165, 1.54) is 0 Å². The summed E-state index contributed by atoms with van der Waals surface area (Å²) in [5.74, 6) is 0.253. The minimum atomic E-state index is -0.0970. The van der Waals surface area contributed by atoms with E-state index in [0.29, 0.717) is 13.1 Å². The maximum absolute atomic E-state index is 12.7. The zero-order valence-corrected chi connectivity index (χ0v) is 15.3. The number of aryl methyl sites for hydroxylation is 1. The van der Waals surface area contributed by atoms with Gasteiger partial charge in [0, 0.05) is 19.8 Å². The molecule has 1 aliphatic rings. The summed E-state index contributed by atoms with van der Waals surface area (Å²) in [7, 11) is 1.87. The minimum Gasteiger partial charge on any atom is -0.367 e. The average Bonchev–Trinajstić information content (AvgIpc) is 3.16. The molecule has 24 heavy (non-hydrogen) atoms. The van der Waals surface area contributed by atoms with Crippen LogP contribution in [-0.2, 0) is 11.8 Å². The number of carbonyl (C=O) groups excluding carboxylic acids is 1. The van der Waals surface area contributed by atoms with Crippen LogP contribution >= 0.6 is 11.3 Å². The molecule has 130 valence electrons. The fourth-order valence-electron chi connectivity index (χ4n) is 2.98. The summed E-state index contributed by atoms with van der Waals surface area (Å²) in [4.78, 5) is 14.6. The van der Waals surface area contributed by atoms with E-state index < -0.39 is 0 Å². The highest BCUT2D eigenvalue weighted by Crippen LogP contribution is 2.28. The largest absolute Gasteiger partial charge is 0.367 e. The zero-order chi connectivity index (χ0) is 17.3. The van der Waals surface area contributed by atoms with Crippen molar-refractivity contribution in [3.05, 3.63) is 34.3 Å². The Morgan fingerprint density at radius 1 is 1.46 bits per heavy atom. The molecule has 1 saturated heterocycles. The summed E-state index contributed by atoms with van der Waals surface area (Å²) in [6, 6.07) is 1.96. The van der Waals surface area contributed by atoms with E-state index in [1.54, 1.807) is 16.0 Å². The standard InChI is InChI=1S/C17H24N4O2S/c1-11(2)16-14(8-20(4)19-16)18-17(22)21-7-12(3)23-15(9-21)13-5-6-24-10-13/h5-6,8,10-12,15H,7,9H2,1-4H3,(H,18,22)/t12-,15+/m1/s1. The normalized spacial score (nSPS) is 21.3. The highest BCUT2D eigenvalue weighted by molar-refractivity contribution is 7.07. The lowest BCUT2D eigenvalue weighted by Gasteiger charge is -2.36. The Morgan fingerprint density at radius 3 is 2.92 bits per heavy atom. The van der Waals surface area contributed by atoms with Gasteiger partial charge in [-0.15, -0.1) is 0 Å². The molecule has 0 aromatic carbocycles. The van der Waals surface area contributed by atoms with Crippen LogP contribution in [0.5, 0.6) is 0 Å². The summed E-state index contributed by atoms with van der Waals surface area (Å²) in [6.45, 7) is 7.29. The van der Waals surface area contributed by atoms with E-state index in [4.69, 9.17) is 4.74 Å². The third-order valence-corrected chi connectivity index (χ3v) is 4.81. The van der Waals surface area contributed by atoms with Crippen LogP contribution in [0.15, 0.2) is 23.0 Å². The van der Waals surface area contributed by atoms with Crippen LogP contribution in [0.1, 0.15) is 44.1 Å². The predicted molar refractivity (Wildman–Crippen MR) is 95.5 cm³/mol. The van der Waals surface area contributed by atoms with E-state index in [9.17, 15) is 4.79 Å². The topological polar surface area (TPSA) is 59.4 Å². The Morgan fingerprint density at radius 2 is 2.25 bits per heavy atom. The number of carbonyl (C=O) groups is 1. The fraction of sp³-hybridized carbons (Fsp3) is 0.529. The number of nitrogens with zero attached hydrogens (tertiary/aromatic N) is 3. The van der Waals surface area contributed by atoms with Gasteiger partial charge in [0.2, 0.25) is 0 Å². The molecule has 3 heterocycles. The maximum Gasteiger partial charge on any atom is 0.322 e. The van der Waals surface area contributed by atoms with Crippen molar-refractivity contribution in [1.82, 2.24) is 14.7 Å². The molecule has 1 aliphatic heterocycles. The first-order valence-electron chi connectivity index (χ1n) is 8.21. The summed E-state index contributed by atoms with van der Waals surface area (Å²) in [5, 5.41) is 11.6. The molecule has 0 saturated carbocycles. The van der Waals surface area contributed by atoms with Crippen molar-refractivity contribution in [2.75, 3.05) is 18.4 Å². The lowest BCUT2D eigenvalue weighted by atomic mass is 10.1. The Bertz CT molecular complexity index is 696. The molecule has 0 aliphatic carbocycles. The molecular formula is C17H24N4O2S. The van der Waals surface area contributed by atoms with Crippen molar-refractivity contribution >= 4 is 23.1 Å². The molecule has 2 atom stereocenters. The van der Waals surface area contributed by atoms with E-state index in [0.717, 1.165) is 16.9 Å². The van der Waals surface area contributed by atoms with E-state index in [2.05, 4.69) is 35.7 Å². The molecule has 2 aromatic rings. The Balaban J connectivity index is 1.72. The van der Waals surface area contributed by atoms with Crippen molar-refractivity contribution < 1.29 is 9.53 Å². The highest BCUT2D eigenvalue weighted by Gasteiger charge is 2.30. The highest BCUT2D eigenvalue weighted by atomic mass is 32.1. The molecule has 2 aromatic heterocycles. The number of ether oxygens (including phenoxy) is 1. The Hall–Kier alpha value is -1.86. The van der Waals surface area contributed by atoms with Gasteiger partial charge >= 0.3 is 6.03 Å². The van der Waals surface area contributed by atoms with Crippen LogP contribution in [0, 0.1) is 0 Å². The molecule has 3 rings (SSSR count). The molecule has 0 spiro atoms. The SMILES string of the molecule is CC(C)c1nn(C)cc1NC(=O)N1C[C@@H](C)O[C@H](c2ccsc2)C1. The van der Waals surface area contributed by atoms with Gasteiger partial charge < -0.3 is 15.0 Å². The van der Waals surface area contributed by atoms with Gasteiger partial charge in [-0.25, -0.2) is 4.79 Å². The molecular weight excluding hydrogens is 324 g/mol. The second kappa shape index (κ2) is 6.94. The van der Waals surface area contributed by atoms with Crippen molar-refractivity contribution in [2.24, 2.45) is 7.05 Å². The third kappa shape index (κ3) is 3.62. The number of nitrogens with one attached hydrogen (secondary N) is 1. The van der Waals surface area contributed by atoms with Gasteiger partial charge in [0.15, 0.2) is 0 Å². The molecule has 0 unspecified atom stereocenters. The number of thiophene rings is 1. The molecule has 0 bridgehead atoms. The summed E-state index contributed by atoms with van der Waals surface area (Å²) >= 11 is 1.64. The molecule has 1 N–H and O–H groups in total. The first-order chi connectivity index (χ1) is 11.4. The monoisotopic (exact) mass is 348 g/mol. The Kier molecular flexibility index (Phi) is 4.91. The van der Waals surface area contributed by atoms with Crippen LogP contribution < -0.4 is 5.32 Å². The van der Waals surface area contributed by atoms with Gasteiger partial charge in [-0.1, -0.05) is 13.8 Å². The van der Waals surface area contributed by atoms with Crippen LogP contribution in [0.2, 0.25) is 0 Å². The van der Waals surface area contributed by atoms with Gasteiger partial charge in [-0.3, -0.25) is 4.68 Å². The van der Waals surface area contributed by atoms with Crippen LogP contribution in [0.4, 0.5) is 10.5 Å². The van der Waals surface area contributed by atoms with Gasteiger partial charge in [0.25, 0.3) is 0 Å². The van der Waals surface area contributed by atoms with Gasteiger partial charge in [-0.2, -0.15) is 16.4 Å². The fourth-order valence-corrected chi connectivity index (χ4v) is 3.68. The van der Waals surface area contributed by atoms with Gasteiger partial charge in [0.1, 0.15) is 6.10 Å². The lowest BCUT2D eigenvalue weighted by molar-refractivity contribution is -0.0640. The molecule has 7 heteroatoms. The predicted octanol–water partition coefficient (Wildman–Crippen LogP) is 3.60. The number of hydrogen-bond acceptors (Lipinski definition) is 4. The summed E-state index contributed by atoms with van der Waals surface area (Å²) < 4.78 is 7.73. The minimum absolute atomic E-state index is 0.00728. The molecule has 0 radical (unpaired) electrons. The first kappa shape index (κ1) is 17.0. The van der Waals surface area contributed by atoms with Gasteiger partial charge in [0.05, 0.1) is 24.0 Å². The van der Waals surface area contributed by atoms with Crippen molar-refractivity contribution in [3.8, 4) is 0 Å². The smallest absolute Gasteiger partial charge is 0.322 e. The zero-order valence-electron chi connectivity index (χ0n) is 14.5. The number of anilines is 1. The molecule has 2 amide bonds. The van der Waals surface area contributed by atoms with Crippen molar-refractivity contribution in [1.29, 1.82) is 0 Å². The van der Waals surface area contributed by atoms with E-state index >= 15 is 0 Å². The second-order valence-corrected chi connectivity index (χ2v) is 7.36. The summed E-state index contributed by atoms with van der Waals surface area (Å²) in [6.07, 6.45) is 1.80. The maximum atomic E-state index is 12.7. The Labute approximate surface area is 146 Å². The third-order valence-electron chi connectivity index (χ3n) is 4.11. The summed E-state index contributed by atoms with van der Waals surface area (Å²) in [5.41, 5.74) is 2.82. The number of rotatable bonds is 3.